The molecule has 49 heavy (non-hydrogen) atoms. The average Bonchev–Trinajstić information content (AvgIpc) is 3.55. The molecule has 17 atom stereocenters. The zero-order chi connectivity index (χ0) is 32.3. The summed E-state index contributed by atoms with van der Waals surface area (Å²) >= 11 is 0. The first-order valence-electron chi connectivity index (χ1n) is 23.2. The van der Waals surface area contributed by atoms with Gasteiger partial charge in [-0.25, -0.2) is 0 Å². The summed E-state index contributed by atoms with van der Waals surface area (Å²) < 4.78 is 7.33. The lowest BCUT2D eigenvalue weighted by atomic mass is 9.56. The Morgan fingerprint density at radius 3 is 1.53 bits per heavy atom. The Bertz CT molecular complexity index is 1110. The second-order valence-corrected chi connectivity index (χ2v) is 20.6. The Labute approximate surface area is 301 Å². The van der Waals surface area contributed by atoms with Crippen molar-refractivity contribution in [2.75, 3.05) is 0 Å². The quantitative estimate of drug-likeness (QED) is 0.278. The van der Waals surface area contributed by atoms with E-state index in [9.17, 15) is 0 Å². The predicted molar refractivity (Wildman–Crippen MR) is 199 cm³/mol. The zero-order valence-electron chi connectivity index (χ0n) is 31.4. The van der Waals surface area contributed by atoms with Crippen LogP contribution in [0.1, 0.15) is 173 Å². The first kappa shape index (κ1) is 33.4. The standard InChI is InChI=1S/C45H75N3O/c1-2-12-30(13-3-1)43-46-44(35-21-19-29-11-5-7-15-32(29)25-35)48-45(47-43)40-27-39-38-26-34(33-20-18-28-10-4-6-14-31(28)24-33)22-23-41(38)49-42(39)37-17-9-8-16-36(37)40/h28-48H,1-27H2. The normalized spacial score (nSPS) is 53.8. The number of ether oxygens (including phenoxy) is 1. The molecule has 2 heterocycles. The molecule has 0 aromatic carbocycles. The number of nitrogens with one attached hydrogen (secondary N) is 3. The Hall–Kier alpha value is -0.160. The van der Waals surface area contributed by atoms with Gasteiger partial charge < -0.3 is 4.74 Å². The first-order chi connectivity index (χ1) is 24.2. The van der Waals surface area contributed by atoms with Crippen molar-refractivity contribution in [2.45, 2.75) is 204 Å². The summed E-state index contributed by atoms with van der Waals surface area (Å²) in [5.41, 5.74) is 0. The Morgan fingerprint density at radius 1 is 0.286 bits per heavy atom. The van der Waals surface area contributed by atoms with Crippen LogP contribution in [-0.4, -0.2) is 30.7 Å². The molecule has 10 rings (SSSR count). The van der Waals surface area contributed by atoms with Crippen LogP contribution in [0.25, 0.3) is 0 Å². The molecule has 0 radical (unpaired) electrons. The fourth-order valence-electron chi connectivity index (χ4n) is 16.1. The molecular formula is C45H75N3O. The molecule has 17 unspecified atom stereocenters. The summed E-state index contributed by atoms with van der Waals surface area (Å²) in [6.07, 6.45) is 42.9. The lowest BCUT2D eigenvalue weighted by Gasteiger charge is -2.55. The van der Waals surface area contributed by atoms with Gasteiger partial charge in [-0.05, 0) is 167 Å². The smallest absolute Gasteiger partial charge is 0.0641 e. The Balaban J connectivity index is 0.884. The van der Waals surface area contributed by atoms with Crippen molar-refractivity contribution in [3.05, 3.63) is 0 Å². The van der Waals surface area contributed by atoms with Crippen LogP contribution in [-0.2, 0) is 4.74 Å². The molecule has 276 valence electrons. The molecular weight excluding hydrogens is 599 g/mol. The SMILES string of the molecule is C1CCC(C2NC(C3CCC4CCCCC4C3)NC(C3CC4C5CC(C6CCC7CCCCC7C6)CCC5OC4C4CCCCC34)N2)CC1. The van der Waals surface area contributed by atoms with Crippen molar-refractivity contribution in [2.24, 2.45) is 76.9 Å². The summed E-state index contributed by atoms with van der Waals surface area (Å²) in [5.74, 6) is 12.0. The topological polar surface area (TPSA) is 45.3 Å². The van der Waals surface area contributed by atoms with Crippen LogP contribution in [0, 0.1) is 76.9 Å². The van der Waals surface area contributed by atoms with Gasteiger partial charge in [0, 0.05) is 0 Å². The van der Waals surface area contributed by atoms with Crippen LogP contribution >= 0.6 is 0 Å². The van der Waals surface area contributed by atoms with Crippen molar-refractivity contribution in [3.8, 4) is 0 Å². The molecule has 2 aliphatic heterocycles. The molecule has 3 N–H and O–H groups in total. The highest BCUT2D eigenvalue weighted by atomic mass is 16.5. The van der Waals surface area contributed by atoms with Crippen LogP contribution in [0.15, 0.2) is 0 Å². The maximum atomic E-state index is 7.33. The van der Waals surface area contributed by atoms with Gasteiger partial charge in [0.1, 0.15) is 0 Å². The number of rotatable bonds is 4. The lowest BCUT2D eigenvalue weighted by molar-refractivity contribution is -0.0887. The number of hydrogen-bond acceptors (Lipinski definition) is 4. The van der Waals surface area contributed by atoms with Gasteiger partial charge in [-0.2, -0.15) is 0 Å². The molecule has 0 aromatic heterocycles. The van der Waals surface area contributed by atoms with Crippen LogP contribution in [0.4, 0.5) is 0 Å². The monoisotopic (exact) mass is 674 g/mol. The third-order valence-electron chi connectivity index (χ3n) is 18.5. The molecule has 2 saturated heterocycles. The summed E-state index contributed by atoms with van der Waals surface area (Å²) in [6.45, 7) is 0. The molecule has 0 spiro atoms. The molecule has 0 bridgehead atoms. The van der Waals surface area contributed by atoms with Crippen LogP contribution < -0.4 is 16.0 Å². The lowest BCUT2D eigenvalue weighted by Crippen LogP contribution is -2.73. The highest BCUT2D eigenvalue weighted by Crippen LogP contribution is 2.59. The largest absolute Gasteiger partial charge is 0.374 e. The third-order valence-corrected chi connectivity index (χ3v) is 18.5. The van der Waals surface area contributed by atoms with E-state index in [0.29, 0.717) is 30.7 Å². The summed E-state index contributed by atoms with van der Waals surface area (Å²) in [4.78, 5) is 0. The minimum absolute atomic E-state index is 0.494. The Kier molecular flexibility index (Phi) is 9.94. The third kappa shape index (κ3) is 6.55. The van der Waals surface area contributed by atoms with Gasteiger partial charge in [-0.1, -0.05) is 83.5 Å². The maximum absolute atomic E-state index is 7.33. The van der Waals surface area contributed by atoms with Crippen LogP contribution in [0.5, 0.6) is 0 Å². The second-order valence-electron chi connectivity index (χ2n) is 20.6. The maximum Gasteiger partial charge on any atom is 0.0641 e. The van der Waals surface area contributed by atoms with E-state index in [1.165, 1.54) is 141 Å². The molecule has 4 nitrogen and oxygen atoms in total. The van der Waals surface area contributed by atoms with Gasteiger partial charge in [0.2, 0.25) is 0 Å². The van der Waals surface area contributed by atoms with Crippen molar-refractivity contribution >= 4 is 0 Å². The fraction of sp³-hybridized carbons (Fsp3) is 1.00. The molecule has 0 aromatic rings. The Morgan fingerprint density at radius 2 is 0.776 bits per heavy atom. The summed E-state index contributed by atoms with van der Waals surface area (Å²) in [7, 11) is 0. The van der Waals surface area contributed by atoms with E-state index in [1.807, 2.05) is 0 Å². The average molecular weight is 674 g/mol. The summed E-state index contributed by atoms with van der Waals surface area (Å²) in [5, 5.41) is 13.2. The molecule has 0 amide bonds. The minimum atomic E-state index is 0.494. The number of fused-ring (bicyclic) bond motifs is 7. The van der Waals surface area contributed by atoms with E-state index >= 15 is 0 Å². The van der Waals surface area contributed by atoms with Gasteiger partial charge in [0.05, 0.1) is 30.7 Å². The van der Waals surface area contributed by atoms with E-state index in [-0.39, 0.29) is 0 Å². The zero-order valence-corrected chi connectivity index (χ0v) is 31.4. The molecule has 8 saturated carbocycles. The van der Waals surface area contributed by atoms with E-state index in [2.05, 4.69) is 16.0 Å². The summed E-state index contributed by atoms with van der Waals surface area (Å²) in [6, 6.07) is 0. The van der Waals surface area contributed by atoms with E-state index in [1.54, 1.807) is 32.1 Å². The van der Waals surface area contributed by atoms with E-state index < -0.39 is 0 Å². The fourth-order valence-corrected chi connectivity index (χ4v) is 16.1. The minimum Gasteiger partial charge on any atom is -0.374 e. The van der Waals surface area contributed by atoms with Crippen molar-refractivity contribution in [1.29, 1.82) is 0 Å². The van der Waals surface area contributed by atoms with E-state index in [4.69, 9.17) is 4.74 Å². The van der Waals surface area contributed by atoms with Crippen molar-refractivity contribution in [1.82, 2.24) is 16.0 Å². The molecule has 10 fully saturated rings. The molecule has 4 heteroatoms. The highest BCUT2D eigenvalue weighted by Gasteiger charge is 2.58. The van der Waals surface area contributed by atoms with Crippen LogP contribution in [0.2, 0.25) is 0 Å². The number of hydrogen-bond donors (Lipinski definition) is 3. The highest BCUT2D eigenvalue weighted by molar-refractivity contribution is 5.07. The van der Waals surface area contributed by atoms with Gasteiger partial charge in [-0.3, -0.25) is 16.0 Å². The van der Waals surface area contributed by atoms with Gasteiger partial charge in [-0.15, -0.1) is 0 Å². The van der Waals surface area contributed by atoms with Gasteiger partial charge in [0.25, 0.3) is 0 Å². The van der Waals surface area contributed by atoms with Crippen molar-refractivity contribution in [3.63, 3.8) is 0 Å². The first-order valence-corrected chi connectivity index (χ1v) is 23.2. The second kappa shape index (κ2) is 14.6. The molecule has 8 aliphatic carbocycles. The predicted octanol–water partition coefficient (Wildman–Crippen LogP) is 10.2. The van der Waals surface area contributed by atoms with Gasteiger partial charge >= 0.3 is 0 Å². The van der Waals surface area contributed by atoms with Crippen molar-refractivity contribution < 1.29 is 4.74 Å². The van der Waals surface area contributed by atoms with Crippen LogP contribution in [0.3, 0.4) is 0 Å². The van der Waals surface area contributed by atoms with Gasteiger partial charge in [0.15, 0.2) is 0 Å². The molecule has 10 aliphatic rings. The van der Waals surface area contributed by atoms with E-state index in [0.717, 1.165) is 76.9 Å².